The number of hydrogen-bond donors (Lipinski definition) is 5. The number of halogens is 10. The lowest BCUT2D eigenvalue weighted by Gasteiger charge is -2.15. The highest BCUT2D eigenvalue weighted by Crippen LogP contribution is 2.38. The van der Waals surface area contributed by atoms with Crippen molar-refractivity contribution in [2.45, 2.75) is 32.0 Å². The normalized spacial score (nSPS) is 11.2. The van der Waals surface area contributed by atoms with Gasteiger partial charge in [-0.05, 0) is 77.4 Å². The number of carboxylic acids is 2. The van der Waals surface area contributed by atoms with Crippen molar-refractivity contribution in [3.63, 3.8) is 0 Å². The Morgan fingerprint density at radius 1 is 0.600 bits per heavy atom. The molecule has 4 aromatic carbocycles. The van der Waals surface area contributed by atoms with Gasteiger partial charge in [0.1, 0.15) is 19.8 Å². The van der Waals surface area contributed by atoms with Crippen LogP contribution in [0.1, 0.15) is 38.2 Å². The number of rotatable bonds is 13. The molecule has 1 amide bonds. The zero-order valence-corrected chi connectivity index (χ0v) is 31.3. The fraction of sp³-hybridized carbons (Fsp3) is 0.229. The molecule has 0 aliphatic heterocycles. The summed E-state index contributed by atoms with van der Waals surface area (Å²) in [5.41, 5.74) is -0.233. The smallest absolute Gasteiger partial charge is 0.416 e. The predicted molar refractivity (Wildman–Crippen MR) is 195 cm³/mol. The molecular weight excluding hydrogens is 830 g/mol. The van der Waals surface area contributed by atoms with Crippen molar-refractivity contribution >= 4 is 75.6 Å². The van der Waals surface area contributed by atoms with Gasteiger partial charge in [-0.15, -0.1) is 0 Å². The van der Waals surface area contributed by atoms with E-state index in [1.54, 1.807) is 0 Å². The second-order valence-corrected chi connectivity index (χ2v) is 12.8. The van der Waals surface area contributed by atoms with Crippen LogP contribution in [0.25, 0.3) is 0 Å². The Morgan fingerprint density at radius 2 is 1.00 bits per heavy atom. The molecule has 55 heavy (non-hydrogen) atoms. The molecule has 10 nitrogen and oxygen atoms in total. The van der Waals surface area contributed by atoms with E-state index >= 15 is 0 Å². The summed E-state index contributed by atoms with van der Waals surface area (Å²) in [4.78, 5) is 33.2. The van der Waals surface area contributed by atoms with Crippen LogP contribution in [0.15, 0.2) is 60.7 Å². The Morgan fingerprint density at radius 3 is 1.35 bits per heavy atom. The highest BCUT2D eigenvalue weighted by Gasteiger charge is 2.32. The van der Waals surface area contributed by atoms with E-state index in [0.29, 0.717) is 5.56 Å². The number of ether oxygens (including phenoxy) is 2. The quantitative estimate of drug-likeness (QED) is 0.0830. The minimum atomic E-state index is -4.53. The molecule has 296 valence electrons. The standard InChI is InChI=1S/C18H15Cl2F3N2O4.C17H14Cl2F3NO3/c1-24-12-3-9(2-11(6-12)18(21,22)23)8-29-16-13(19)4-10(5-14(16)20)17(28)25-7-15(26)27;1-23-12-3-10(2-11(7-12)17(20,21)22)8-26-16-13(18)4-9(5-14(16)19)6-15(24)25/h2-6,24H,7-8H2,1H3,(H,25,28)(H,26,27);2-5,7,23H,6,8H2,1H3,(H,24,25). The Balaban J connectivity index is 0.000000297. The van der Waals surface area contributed by atoms with E-state index in [-0.39, 0.29) is 79.3 Å². The fourth-order valence-electron chi connectivity index (χ4n) is 4.59. The number of hydrogen-bond acceptors (Lipinski definition) is 7. The Bertz CT molecular complexity index is 2000. The van der Waals surface area contributed by atoms with E-state index < -0.39 is 47.9 Å². The molecule has 20 heteroatoms. The topological polar surface area (TPSA) is 146 Å². The third-order valence-corrected chi connectivity index (χ3v) is 8.18. The molecule has 0 bridgehead atoms. The highest BCUT2D eigenvalue weighted by molar-refractivity contribution is 6.38. The maximum atomic E-state index is 13.0. The molecule has 0 spiro atoms. The van der Waals surface area contributed by atoms with Crippen LogP contribution in [0.4, 0.5) is 37.7 Å². The van der Waals surface area contributed by atoms with Crippen molar-refractivity contribution in [1.82, 2.24) is 5.32 Å². The first-order valence-electron chi connectivity index (χ1n) is 15.3. The molecule has 0 saturated carbocycles. The molecule has 4 aromatic rings. The van der Waals surface area contributed by atoms with E-state index in [2.05, 4.69) is 16.0 Å². The average molecular weight is 859 g/mol. The molecule has 0 aliphatic rings. The molecule has 0 radical (unpaired) electrons. The monoisotopic (exact) mass is 857 g/mol. The number of benzene rings is 4. The van der Waals surface area contributed by atoms with Gasteiger partial charge in [-0.3, -0.25) is 14.4 Å². The summed E-state index contributed by atoms with van der Waals surface area (Å²) < 4.78 is 88.9. The predicted octanol–water partition coefficient (Wildman–Crippen LogP) is 9.71. The lowest BCUT2D eigenvalue weighted by atomic mass is 10.1. The summed E-state index contributed by atoms with van der Waals surface area (Å²) in [6, 6.07) is 12.1. The SMILES string of the molecule is CNc1cc(COc2c(Cl)cc(C(=O)NCC(=O)O)cc2Cl)cc(C(F)(F)F)c1.CNc1cc(COc2c(Cl)cc(CC(=O)O)cc2Cl)cc(C(F)(F)F)c1. The van der Waals surface area contributed by atoms with Gasteiger partial charge in [0.2, 0.25) is 0 Å². The van der Waals surface area contributed by atoms with Crippen LogP contribution in [-0.2, 0) is 41.6 Å². The maximum absolute atomic E-state index is 13.0. The van der Waals surface area contributed by atoms with Crippen LogP contribution in [0.2, 0.25) is 20.1 Å². The van der Waals surface area contributed by atoms with Crippen LogP contribution >= 0.6 is 46.4 Å². The number of alkyl halides is 6. The Hall–Kier alpha value is -4.77. The molecule has 0 fully saturated rings. The van der Waals surface area contributed by atoms with Gasteiger partial charge in [0.05, 0.1) is 37.6 Å². The molecule has 0 unspecified atom stereocenters. The van der Waals surface area contributed by atoms with Gasteiger partial charge in [0, 0.05) is 31.0 Å². The van der Waals surface area contributed by atoms with Gasteiger partial charge in [0.15, 0.2) is 11.5 Å². The van der Waals surface area contributed by atoms with Crippen LogP contribution in [0, 0.1) is 0 Å². The first kappa shape index (κ1) is 44.6. The molecule has 0 atom stereocenters. The second kappa shape index (κ2) is 19.2. The van der Waals surface area contributed by atoms with Crippen LogP contribution in [-0.4, -0.2) is 48.7 Å². The average Bonchev–Trinajstić information content (AvgIpc) is 3.08. The summed E-state index contributed by atoms with van der Waals surface area (Å²) in [5.74, 6) is -2.93. The maximum Gasteiger partial charge on any atom is 0.416 e. The lowest BCUT2D eigenvalue weighted by Crippen LogP contribution is -2.29. The third-order valence-electron chi connectivity index (χ3n) is 7.06. The number of amides is 1. The summed E-state index contributed by atoms with van der Waals surface area (Å²) >= 11 is 24.2. The molecule has 4 rings (SSSR count). The first-order chi connectivity index (χ1) is 25.6. The second-order valence-electron chi connectivity index (χ2n) is 11.2. The van der Waals surface area contributed by atoms with Gasteiger partial charge in [-0.25, -0.2) is 0 Å². The molecule has 0 heterocycles. The number of nitrogens with one attached hydrogen (secondary N) is 3. The molecule has 5 N–H and O–H groups in total. The molecule has 0 saturated heterocycles. The Labute approximate surface area is 329 Å². The zero-order valence-electron chi connectivity index (χ0n) is 28.3. The van der Waals surface area contributed by atoms with Crippen molar-refractivity contribution < 1.29 is 60.4 Å². The molecule has 0 aromatic heterocycles. The summed E-state index contributed by atoms with van der Waals surface area (Å²) in [7, 11) is 3.00. The highest BCUT2D eigenvalue weighted by atomic mass is 35.5. The van der Waals surface area contributed by atoms with E-state index in [0.717, 1.165) is 24.3 Å². The number of anilines is 2. The van der Waals surface area contributed by atoms with E-state index in [1.807, 2.05) is 0 Å². The summed E-state index contributed by atoms with van der Waals surface area (Å²) in [5, 5.41) is 24.9. The van der Waals surface area contributed by atoms with Crippen molar-refractivity contribution in [3.8, 4) is 11.5 Å². The third kappa shape index (κ3) is 13.5. The van der Waals surface area contributed by atoms with E-state index in [9.17, 15) is 40.7 Å². The van der Waals surface area contributed by atoms with Crippen LogP contribution < -0.4 is 25.4 Å². The number of aliphatic carboxylic acids is 2. The van der Waals surface area contributed by atoms with Gasteiger partial charge >= 0.3 is 24.3 Å². The molecule has 0 aliphatic carbocycles. The summed E-state index contributed by atoms with van der Waals surface area (Å²) in [6.07, 6.45) is -9.28. The van der Waals surface area contributed by atoms with Gasteiger partial charge in [-0.2, -0.15) is 26.3 Å². The van der Waals surface area contributed by atoms with Gasteiger partial charge in [0.25, 0.3) is 5.91 Å². The minimum absolute atomic E-state index is 0.00476. The van der Waals surface area contributed by atoms with Crippen LogP contribution in [0.5, 0.6) is 11.5 Å². The van der Waals surface area contributed by atoms with Crippen molar-refractivity contribution in [2.75, 3.05) is 31.3 Å². The first-order valence-corrected chi connectivity index (χ1v) is 16.8. The largest absolute Gasteiger partial charge is 0.486 e. The molecular formula is C35H29Cl4F6N3O7. The Kier molecular flexibility index (Phi) is 15.6. The van der Waals surface area contributed by atoms with Gasteiger partial charge < -0.3 is 35.6 Å². The van der Waals surface area contributed by atoms with Crippen molar-refractivity contribution in [2.24, 2.45) is 0 Å². The minimum Gasteiger partial charge on any atom is -0.486 e. The number of carbonyl (C=O) groups excluding carboxylic acids is 1. The van der Waals surface area contributed by atoms with Gasteiger partial charge in [-0.1, -0.05) is 46.4 Å². The van der Waals surface area contributed by atoms with Crippen molar-refractivity contribution in [3.05, 3.63) is 114 Å². The van der Waals surface area contributed by atoms with Crippen molar-refractivity contribution in [1.29, 1.82) is 0 Å². The number of carboxylic acid groups (broad SMARTS) is 2. The number of carbonyl (C=O) groups is 3. The lowest BCUT2D eigenvalue weighted by molar-refractivity contribution is -0.138. The zero-order chi connectivity index (χ0) is 41.2. The fourth-order valence-corrected chi connectivity index (χ4v) is 5.83. The van der Waals surface area contributed by atoms with E-state index in [4.69, 9.17) is 66.1 Å². The van der Waals surface area contributed by atoms with E-state index in [1.165, 1.54) is 50.5 Å². The summed E-state index contributed by atoms with van der Waals surface area (Å²) in [6.45, 7) is -1.05. The van der Waals surface area contributed by atoms with Crippen LogP contribution in [0.3, 0.4) is 0 Å².